The van der Waals surface area contributed by atoms with Crippen molar-refractivity contribution in [2.45, 2.75) is 13.3 Å². The third-order valence-corrected chi connectivity index (χ3v) is 3.24. The van der Waals surface area contributed by atoms with Gasteiger partial charge in [0.25, 0.3) is 0 Å². The number of nitrogens with one attached hydrogen (secondary N) is 1. The van der Waals surface area contributed by atoms with Crippen LogP contribution < -0.4 is 10.2 Å². The number of benzene rings is 1. The monoisotopic (exact) mass is 274 g/mol. The molecule has 0 atom stereocenters. The zero-order chi connectivity index (χ0) is 14.5. The molecule has 2 rings (SSSR count). The fourth-order valence-corrected chi connectivity index (χ4v) is 2.19. The molecule has 1 aliphatic heterocycles. The van der Waals surface area contributed by atoms with Crippen molar-refractivity contribution in [1.82, 2.24) is 0 Å². The SMILES string of the molecule is CCC(=CCN1CC(=O)Nc2ccccc21)C(=O)OC. The number of anilines is 2. The molecule has 0 unspecified atom stereocenters. The normalized spacial score (nSPS) is 14.6. The summed E-state index contributed by atoms with van der Waals surface area (Å²) >= 11 is 0. The van der Waals surface area contributed by atoms with Crippen LogP contribution in [0.5, 0.6) is 0 Å². The number of amides is 1. The minimum atomic E-state index is -0.317. The highest BCUT2D eigenvalue weighted by atomic mass is 16.5. The largest absolute Gasteiger partial charge is 0.466 e. The van der Waals surface area contributed by atoms with Gasteiger partial charge < -0.3 is 15.0 Å². The molecule has 0 spiro atoms. The Morgan fingerprint density at radius 1 is 1.45 bits per heavy atom. The number of methoxy groups -OCH3 is 1. The molecule has 5 nitrogen and oxygen atoms in total. The molecule has 0 saturated carbocycles. The van der Waals surface area contributed by atoms with E-state index < -0.39 is 0 Å². The maximum absolute atomic E-state index is 11.7. The van der Waals surface area contributed by atoms with Crippen molar-refractivity contribution in [3.63, 3.8) is 0 Å². The summed E-state index contributed by atoms with van der Waals surface area (Å²) in [5.74, 6) is -0.365. The standard InChI is InChI=1S/C15H18N2O3/c1-3-11(15(19)20-2)8-9-17-10-14(18)16-12-6-4-5-7-13(12)17/h4-8H,3,9-10H2,1-2H3,(H,16,18). The smallest absolute Gasteiger partial charge is 0.333 e. The van der Waals surface area contributed by atoms with E-state index in [4.69, 9.17) is 4.74 Å². The van der Waals surface area contributed by atoms with Crippen LogP contribution >= 0.6 is 0 Å². The molecule has 0 aliphatic carbocycles. The number of hydrogen-bond acceptors (Lipinski definition) is 4. The first kappa shape index (κ1) is 14.1. The van der Waals surface area contributed by atoms with Crippen molar-refractivity contribution in [3.05, 3.63) is 35.9 Å². The average molecular weight is 274 g/mol. The average Bonchev–Trinajstić information content (AvgIpc) is 2.47. The molecule has 0 radical (unpaired) electrons. The second-order valence-corrected chi connectivity index (χ2v) is 4.52. The maximum Gasteiger partial charge on any atom is 0.333 e. The molecule has 5 heteroatoms. The van der Waals surface area contributed by atoms with E-state index in [-0.39, 0.29) is 18.4 Å². The zero-order valence-electron chi connectivity index (χ0n) is 11.7. The van der Waals surface area contributed by atoms with Gasteiger partial charge >= 0.3 is 5.97 Å². The summed E-state index contributed by atoms with van der Waals surface area (Å²) in [5, 5.41) is 2.83. The molecule has 106 valence electrons. The number of fused-ring (bicyclic) bond motifs is 1. The Kier molecular flexibility index (Phi) is 4.40. The van der Waals surface area contributed by atoms with Crippen LogP contribution in [0.4, 0.5) is 11.4 Å². The molecule has 0 aromatic heterocycles. The van der Waals surface area contributed by atoms with Crippen LogP contribution in [0.25, 0.3) is 0 Å². The fraction of sp³-hybridized carbons (Fsp3) is 0.333. The van der Waals surface area contributed by atoms with Crippen LogP contribution in [0.15, 0.2) is 35.9 Å². The summed E-state index contributed by atoms with van der Waals surface area (Å²) < 4.78 is 4.73. The second kappa shape index (κ2) is 6.23. The minimum Gasteiger partial charge on any atom is -0.466 e. The number of hydrogen-bond donors (Lipinski definition) is 1. The summed E-state index contributed by atoms with van der Waals surface area (Å²) in [6.07, 6.45) is 2.43. The van der Waals surface area contributed by atoms with Gasteiger partial charge in [-0.2, -0.15) is 0 Å². The second-order valence-electron chi connectivity index (χ2n) is 4.52. The van der Waals surface area contributed by atoms with Gasteiger partial charge in [0.1, 0.15) is 0 Å². The van der Waals surface area contributed by atoms with Gasteiger partial charge in [-0.05, 0) is 18.6 Å². The molecule has 1 amide bonds. The minimum absolute atomic E-state index is 0.0479. The van der Waals surface area contributed by atoms with Gasteiger partial charge in [-0.3, -0.25) is 4.79 Å². The molecule has 0 bridgehead atoms. The van der Waals surface area contributed by atoms with E-state index in [1.165, 1.54) is 7.11 Å². The van der Waals surface area contributed by atoms with Crippen LogP contribution in [0.3, 0.4) is 0 Å². The zero-order valence-corrected chi connectivity index (χ0v) is 11.7. The molecular weight excluding hydrogens is 256 g/mol. The molecule has 1 aliphatic rings. The first-order valence-electron chi connectivity index (χ1n) is 6.57. The van der Waals surface area contributed by atoms with Gasteiger partial charge in [0.2, 0.25) is 5.91 Å². The number of nitrogens with zero attached hydrogens (tertiary/aromatic N) is 1. The highest BCUT2D eigenvalue weighted by molar-refractivity contribution is 6.01. The molecular formula is C15H18N2O3. The van der Waals surface area contributed by atoms with E-state index in [0.717, 1.165) is 11.4 Å². The molecule has 1 N–H and O–H groups in total. The summed E-state index contributed by atoms with van der Waals surface area (Å²) in [5.41, 5.74) is 2.38. The van der Waals surface area contributed by atoms with Gasteiger partial charge in [0.15, 0.2) is 0 Å². The van der Waals surface area contributed by atoms with Crippen molar-refractivity contribution < 1.29 is 14.3 Å². The third-order valence-electron chi connectivity index (χ3n) is 3.24. The van der Waals surface area contributed by atoms with E-state index in [9.17, 15) is 9.59 Å². The van der Waals surface area contributed by atoms with Crippen molar-refractivity contribution >= 4 is 23.3 Å². The lowest BCUT2D eigenvalue weighted by Crippen LogP contribution is -2.38. The Bertz CT molecular complexity index is 552. The molecule has 20 heavy (non-hydrogen) atoms. The van der Waals surface area contributed by atoms with Crippen LogP contribution in [0.1, 0.15) is 13.3 Å². The third kappa shape index (κ3) is 2.99. The summed E-state index contributed by atoms with van der Waals surface area (Å²) in [7, 11) is 1.37. The van der Waals surface area contributed by atoms with Gasteiger partial charge in [-0.15, -0.1) is 0 Å². The summed E-state index contributed by atoms with van der Waals surface area (Å²) in [6.45, 7) is 2.69. The lowest BCUT2D eigenvalue weighted by molar-refractivity contribution is -0.136. The Morgan fingerprint density at radius 2 is 2.20 bits per heavy atom. The van der Waals surface area contributed by atoms with Crippen molar-refractivity contribution in [2.24, 2.45) is 0 Å². The van der Waals surface area contributed by atoms with Crippen LogP contribution in [0.2, 0.25) is 0 Å². The first-order valence-corrected chi connectivity index (χ1v) is 6.57. The lowest BCUT2D eigenvalue weighted by atomic mass is 10.1. The quantitative estimate of drug-likeness (QED) is 0.673. The Morgan fingerprint density at radius 3 is 2.90 bits per heavy atom. The predicted molar refractivity (Wildman–Crippen MR) is 77.7 cm³/mol. The maximum atomic E-state index is 11.7. The van der Waals surface area contributed by atoms with E-state index in [2.05, 4.69) is 5.32 Å². The van der Waals surface area contributed by atoms with Crippen molar-refractivity contribution in [2.75, 3.05) is 30.4 Å². The lowest BCUT2D eigenvalue weighted by Gasteiger charge is -2.30. The number of carbonyl (C=O) groups is 2. The van der Waals surface area contributed by atoms with E-state index >= 15 is 0 Å². The van der Waals surface area contributed by atoms with E-state index in [1.807, 2.05) is 42.2 Å². The van der Waals surface area contributed by atoms with Gasteiger partial charge in [0.05, 0.1) is 25.0 Å². The van der Waals surface area contributed by atoms with Gasteiger partial charge in [-0.25, -0.2) is 4.79 Å². The van der Waals surface area contributed by atoms with E-state index in [0.29, 0.717) is 18.5 Å². The molecule has 1 aromatic carbocycles. The predicted octanol–water partition coefficient (Wildman–Crippen LogP) is 1.95. The highest BCUT2D eigenvalue weighted by Gasteiger charge is 2.20. The highest BCUT2D eigenvalue weighted by Crippen LogP contribution is 2.28. The molecule has 1 heterocycles. The Balaban J connectivity index is 2.19. The van der Waals surface area contributed by atoms with Crippen LogP contribution in [-0.4, -0.2) is 32.1 Å². The summed E-state index contributed by atoms with van der Waals surface area (Å²) in [6, 6.07) is 7.62. The van der Waals surface area contributed by atoms with Gasteiger partial charge in [0, 0.05) is 12.1 Å². The number of esters is 1. The Hall–Kier alpha value is -2.30. The Labute approximate surface area is 118 Å². The van der Waals surface area contributed by atoms with Crippen molar-refractivity contribution in [1.29, 1.82) is 0 Å². The number of para-hydroxylation sites is 2. The van der Waals surface area contributed by atoms with Gasteiger partial charge in [-0.1, -0.05) is 25.1 Å². The molecule has 0 fully saturated rings. The van der Waals surface area contributed by atoms with Crippen LogP contribution in [-0.2, 0) is 14.3 Å². The molecule has 1 aromatic rings. The van der Waals surface area contributed by atoms with Crippen molar-refractivity contribution in [3.8, 4) is 0 Å². The number of rotatable bonds is 4. The number of carbonyl (C=O) groups excluding carboxylic acids is 2. The topological polar surface area (TPSA) is 58.6 Å². The first-order chi connectivity index (χ1) is 9.65. The van der Waals surface area contributed by atoms with Crippen LogP contribution in [0, 0.1) is 0 Å². The fourth-order valence-electron chi connectivity index (χ4n) is 2.19. The molecule has 0 saturated heterocycles. The summed E-state index contributed by atoms with van der Waals surface area (Å²) in [4.78, 5) is 25.1. The van der Waals surface area contributed by atoms with E-state index in [1.54, 1.807) is 0 Å². The number of ether oxygens (including phenoxy) is 1.